The normalized spacial score (nSPS) is 48.4. The molecule has 4 nitrogen and oxygen atoms in total. The van der Waals surface area contributed by atoms with Crippen LogP contribution < -0.4 is 0 Å². The smallest absolute Gasteiger partial charge is 0.302 e. The van der Waals surface area contributed by atoms with Gasteiger partial charge < -0.3 is 14.2 Å². The van der Waals surface area contributed by atoms with Crippen molar-refractivity contribution in [2.24, 2.45) is 17.3 Å². The predicted molar refractivity (Wildman–Crippen MR) is 104 cm³/mol. The van der Waals surface area contributed by atoms with E-state index < -0.39 is 0 Å². The van der Waals surface area contributed by atoms with Crippen molar-refractivity contribution in [3.63, 3.8) is 0 Å². The van der Waals surface area contributed by atoms with Crippen LogP contribution in [0.1, 0.15) is 66.7 Å². The molecule has 0 aromatic carbocycles. The Balaban J connectivity index is 1.72. The van der Waals surface area contributed by atoms with Gasteiger partial charge in [-0.2, -0.15) is 0 Å². The molecule has 0 amide bonds. The lowest BCUT2D eigenvalue weighted by Gasteiger charge is -2.50. The first-order valence-corrected chi connectivity index (χ1v) is 10.4. The van der Waals surface area contributed by atoms with Gasteiger partial charge in [-0.15, -0.1) is 0 Å². The minimum Gasteiger partial charge on any atom is -0.462 e. The number of fused-ring (bicyclic) bond motifs is 4. The summed E-state index contributed by atoms with van der Waals surface area (Å²) < 4.78 is 18.2. The van der Waals surface area contributed by atoms with Crippen LogP contribution in [-0.4, -0.2) is 35.5 Å². The van der Waals surface area contributed by atoms with Gasteiger partial charge >= 0.3 is 5.97 Å². The number of epoxide rings is 2. The highest BCUT2D eigenvalue weighted by Crippen LogP contribution is 2.58. The molecule has 4 rings (SSSR count). The number of allylic oxidation sites excluding steroid dienone is 1. The van der Waals surface area contributed by atoms with Crippen molar-refractivity contribution in [2.45, 2.75) is 96.2 Å². The Morgan fingerprint density at radius 1 is 1.11 bits per heavy atom. The molecular formula is C23H34O4. The Morgan fingerprint density at radius 3 is 2.44 bits per heavy atom. The first-order valence-electron chi connectivity index (χ1n) is 10.4. The maximum Gasteiger partial charge on any atom is 0.302 e. The van der Waals surface area contributed by atoms with Gasteiger partial charge in [0.25, 0.3) is 0 Å². The maximum absolute atomic E-state index is 11.9. The summed E-state index contributed by atoms with van der Waals surface area (Å²) in [5.74, 6) is 0.259. The Kier molecular flexibility index (Phi) is 4.22. The second-order valence-electron chi connectivity index (χ2n) is 10.3. The highest BCUT2D eigenvalue weighted by molar-refractivity contribution is 5.66. The van der Waals surface area contributed by atoms with E-state index in [1.165, 1.54) is 6.92 Å². The van der Waals surface area contributed by atoms with Crippen LogP contribution >= 0.6 is 0 Å². The van der Waals surface area contributed by atoms with E-state index in [1.54, 1.807) is 0 Å². The largest absolute Gasteiger partial charge is 0.462 e. The average Bonchev–Trinajstić information content (AvgIpc) is 3.38. The molecule has 0 unspecified atom stereocenters. The number of carbonyl (C=O) groups is 1. The number of carbonyl (C=O) groups excluding carboxylic acids is 1. The third kappa shape index (κ3) is 3.19. The fourth-order valence-corrected chi connectivity index (χ4v) is 5.86. The zero-order valence-corrected chi connectivity index (χ0v) is 17.5. The van der Waals surface area contributed by atoms with E-state index in [1.807, 2.05) is 0 Å². The van der Waals surface area contributed by atoms with Crippen LogP contribution in [-0.2, 0) is 19.0 Å². The molecule has 4 fully saturated rings. The van der Waals surface area contributed by atoms with Gasteiger partial charge in [0.05, 0.1) is 23.4 Å². The molecule has 2 aliphatic carbocycles. The van der Waals surface area contributed by atoms with E-state index in [4.69, 9.17) is 14.2 Å². The first-order chi connectivity index (χ1) is 12.5. The monoisotopic (exact) mass is 374 g/mol. The van der Waals surface area contributed by atoms with Crippen molar-refractivity contribution in [3.8, 4) is 0 Å². The van der Waals surface area contributed by atoms with Gasteiger partial charge in [0.15, 0.2) is 0 Å². The van der Waals surface area contributed by atoms with Crippen molar-refractivity contribution >= 4 is 5.97 Å². The van der Waals surface area contributed by atoms with Crippen molar-refractivity contribution in [2.75, 3.05) is 0 Å². The minimum atomic E-state index is -0.234. The number of hydrogen-bond donors (Lipinski definition) is 0. The number of rotatable bonds is 1. The number of hydrogen-bond acceptors (Lipinski definition) is 4. The van der Waals surface area contributed by atoms with Gasteiger partial charge in [0, 0.05) is 19.3 Å². The van der Waals surface area contributed by atoms with Gasteiger partial charge in [0.1, 0.15) is 6.10 Å². The summed E-state index contributed by atoms with van der Waals surface area (Å²) in [5, 5.41) is 0. The quantitative estimate of drug-likeness (QED) is 0.498. The molecule has 0 aromatic rings. The van der Waals surface area contributed by atoms with Crippen LogP contribution in [0.25, 0.3) is 0 Å². The van der Waals surface area contributed by atoms with Gasteiger partial charge in [-0.3, -0.25) is 4.79 Å². The molecule has 0 aromatic heterocycles. The lowest BCUT2D eigenvalue weighted by atomic mass is 9.55. The Bertz CT molecular complexity index is 694. The Hall–Kier alpha value is -1.13. The van der Waals surface area contributed by atoms with E-state index in [0.717, 1.165) is 36.8 Å². The summed E-state index contributed by atoms with van der Waals surface area (Å²) in [6, 6.07) is 0. The summed E-state index contributed by atoms with van der Waals surface area (Å²) in [6.45, 7) is 19.2. The highest BCUT2D eigenvalue weighted by Gasteiger charge is 2.61. The standard InChI is InChI=1S/C23H34O4/c1-13-10-16-11-19-22(6,27-19)9-8-18-23(7,26-18)12-17(25-15(3)24)20(14(13)2)21(16,4)5/h16-20H,1-2,8-12H2,3-7H3/t16-,17-,18-,19-,20-,22-,23-/m0/s1. The fraction of sp³-hybridized carbons (Fsp3) is 0.783. The molecule has 2 saturated carbocycles. The van der Waals surface area contributed by atoms with Crippen molar-refractivity contribution in [1.29, 1.82) is 0 Å². The Morgan fingerprint density at radius 2 is 1.78 bits per heavy atom. The van der Waals surface area contributed by atoms with Crippen LogP contribution in [0.5, 0.6) is 0 Å². The summed E-state index contributed by atoms with van der Waals surface area (Å²) in [5.41, 5.74) is 1.85. The molecule has 2 heterocycles. The summed E-state index contributed by atoms with van der Waals surface area (Å²) in [4.78, 5) is 11.9. The summed E-state index contributed by atoms with van der Waals surface area (Å²) in [7, 11) is 0. The number of ether oxygens (including phenoxy) is 3. The SMILES string of the molecule is C=C1C[C@H]2C[C@@H]3O[C@@]3(C)CC[C@@H]3O[C@@]3(C)C[C@H](OC(C)=O)[C@H](C1=C)C2(C)C. The molecule has 4 heteroatoms. The second-order valence-corrected chi connectivity index (χ2v) is 10.3. The zero-order chi connectivity index (χ0) is 19.8. The fourth-order valence-electron chi connectivity index (χ4n) is 5.86. The topological polar surface area (TPSA) is 51.4 Å². The van der Waals surface area contributed by atoms with Crippen LogP contribution in [0.15, 0.2) is 24.3 Å². The molecule has 0 N–H and O–H groups in total. The van der Waals surface area contributed by atoms with Crippen LogP contribution in [0.3, 0.4) is 0 Å². The van der Waals surface area contributed by atoms with Gasteiger partial charge in [-0.1, -0.05) is 32.6 Å². The van der Waals surface area contributed by atoms with Crippen molar-refractivity contribution < 1.29 is 19.0 Å². The van der Waals surface area contributed by atoms with Crippen LogP contribution in [0.2, 0.25) is 0 Å². The van der Waals surface area contributed by atoms with Crippen LogP contribution in [0, 0.1) is 17.3 Å². The molecule has 7 atom stereocenters. The zero-order valence-electron chi connectivity index (χ0n) is 17.5. The molecule has 2 aliphatic heterocycles. The van der Waals surface area contributed by atoms with Crippen molar-refractivity contribution in [3.05, 3.63) is 24.3 Å². The second kappa shape index (κ2) is 5.93. The van der Waals surface area contributed by atoms with Crippen molar-refractivity contribution in [1.82, 2.24) is 0 Å². The van der Waals surface area contributed by atoms with E-state index in [0.29, 0.717) is 18.4 Å². The minimum absolute atomic E-state index is 0.0112. The number of esters is 1. The first kappa shape index (κ1) is 19.2. The van der Waals surface area contributed by atoms with E-state index >= 15 is 0 Å². The van der Waals surface area contributed by atoms with E-state index in [9.17, 15) is 4.79 Å². The lowest BCUT2D eigenvalue weighted by molar-refractivity contribution is -0.153. The lowest BCUT2D eigenvalue weighted by Crippen LogP contribution is -2.47. The highest BCUT2D eigenvalue weighted by atomic mass is 16.6. The summed E-state index contributed by atoms with van der Waals surface area (Å²) in [6.07, 6.45) is 5.01. The van der Waals surface area contributed by atoms with Crippen LogP contribution in [0.4, 0.5) is 0 Å². The average molecular weight is 375 g/mol. The van der Waals surface area contributed by atoms with Gasteiger partial charge in [-0.25, -0.2) is 0 Å². The molecule has 0 radical (unpaired) electrons. The molecule has 0 spiro atoms. The Labute approximate surface area is 163 Å². The maximum atomic E-state index is 11.9. The summed E-state index contributed by atoms with van der Waals surface area (Å²) >= 11 is 0. The third-order valence-corrected chi connectivity index (χ3v) is 7.94. The predicted octanol–water partition coefficient (Wildman–Crippen LogP) is 4.58. The molecule has 2 saturated heterocycles. The molecule has 150 valence electrons. The molecule has 2 bridgehead atoms. The van der Waals surface area contributed by atoms with Gasteiger partial charge in [-0.05, 0) is 56.4 Å². The van der Waals surface area contributed by atoms with Gasteiger partial charge in [0.2, 0.25) is 0 Å². The molecule has 4 aliphatic rings. The molecule has 27 heavy (non-hydrogen) atoms. The molecular weight excluding hydrogens is 340 g/mol. The van der Waals surface area contributed by atoms with E-state index in [-0.39, 0.29) is 40.7 Å². The van der Waals surface area contributed by atoms with E-state index in [2.05, 4.69) is 40.9 Å². The third-order valence-electron chi connectivity index (χ3n) is 7.94.